The van der Waals surface area contributed by atoms with E-state index in [1.54, 1.807) is 0 Å². The van der Waals surface area contributed by atoms with E-state index in [9.17, 15) is 45.0 Å². The number of fused-ring (bicyclic) bond motifs is 1. The lowest BCUT2D eigenvalue weighted by molar-refractivity contribution is -0.283. The van der Waals surface area contributed by atoms with Crippen LogP contribution in [0.15, 0.2) is 88.1 Å². The van der Waals surface area contributed by atoms with E-state index in [4.69, 9.17) is 23.4 Å². The second kappa shape index (κ2) is 16.5. The van der Waals surface area contributed by atoms with Gasteiger partial charge in [-0.15, -0.1) is 0 Å². The van der Waals surface area contributed by atoms with E-state index >= 15 is 0 Å². The minimum absolute atomic E-state index is 0.00437. The second-order valence-corrected chi connectivity index (χ2v) is 13.4. The van der Waals surface area contributed by atoms with Gasteiger partial charge in [0.1, 0.15) is 47.4 Å². The standard InChI is InChI=1S/C41H40O14/c1-21-3-7-23(8-4-21)11-15-32(46)51-20-31-35(48)37(50)40(54-33(47)16-12-24-9-5-22(2)6-10-24)41(53-31)55-39-36(49)34-29(45)18-26(42)19-30(34)52-38(39)25-13-14-27(43)28(44)17-25/h3-10,13-14,17-19,31,35,37,40-45,48,50H,11-12,15-16,20H2,1-2H3/t31-,35+,37+,40-,41+/m1/s1. The topological polar surface area (TPSA) is 223 Å². The number of rotatable bonds is 12. The van der Waals surface area contributed by atoms with Gasteiger partial charge in [0, 0.05) is 30.5 Å². The first kappa shape index (κ1) is 38.6. The maximum atomic E-state index is 14.1. The molecule has 0 aliphatic carbocycles. The van der Waals surface area contributed by atoms with E-state index in [1.165, 1.54) is 6.07 Å². The molecule has 0 spiro atoms. The lowest BCUT2D eigenvalue weighted by atomic mass is 9.98. The molecule has 5 aromatic rings. The third-order valence-corrected chi connectivity index (χ3v) is 9.19. The summed E-state index contributed by atoms with van der Waals surface area (Å²) < 4.78 is 29.0. The molecule has 0 bridgehead atoms. The van der Waals surface area contributed by atoms with E-state index in [1.807, 2.05) is 62.4 Å². The number of aliphatic hydroxyl groups excluding tert-OH is 2. The van der Waals surface area contributed by atoms with Crippen molar-refractivity contribution in [2.75, 3.05) is 6.61 Å². The minimum Gasteiger partial charge on any atom is -0.508 e. The monoisotopic (exact) mass is 756 g/mol. The van der Waals surface area contributed by atoms with Gasteiger partial charge in [0.25, 0.3) is 0 Å². The van der Waals surface area contributed by atoms with Crippen LogP contribution in [0.1, 0.15) is 35.1 Å². The van der Waals surface area contributed by atoms with Crippen molar-refractivity contribution in [3.05, 3.63) is 111 Å². The van der Waals surface area contributed by atoms with Gasteiger partial charge in [0.15, 0.2) is 23.4 Å². The van der Waals surface area contributed by atoms with Gasteiger partial charge in [-0.25, -0.2) is 0 Å². The van der Waals surface area contributed by atoms with Gasteiger partial charge in [-0.2, -0.15) is 0 Å². The Morgan fingerprint density at radius 1 is 0.727 bits per heavy atom. The fourth-order valence-electron chi connectivity index (χ4n) is 6.07. The Hall–Kier alpha value is -6.09. The van der Waals surface area contributed by atoms with Gasteiger partial charge >= 0.3 is 11.9 Å². The van der Waals surface area contributed by atoms with Crippen molar-refractivity contribution in [3.63, 3.8) is 0 Å². The summed E-state index contributed by atoms with van der Waals surface area (Å²) in [5.41, 5.74) is 2.52. The molecular formula is C41H40O14. The summed E-state index contributed by atoms with van der Waals surface area (Å²) in [7, 11) is 0. The van der Waals surface area contributed by atoms with Gasteiger partial charge in [-0.1, -0.05) is 59.7 Å². The predicted molar refractivity (Wildman–Crippen MR) is 196 cm³/mol. The van der Waals surface area contributed by atoms with E-state index in [0.717, 1.165) is 46.5 Å². The normalized spacial score (nSPS) is 19.5. The highest BCUT2D eigenvalue weighted by Crippen LogP contribution is 2.39. The van der Waals surface area contributed by atoms with E-state index in [0.29, 0.717) is 6.42 Å². The first-order valence-corrected chi connectivity index (χ1v) is 17.5. The van der Waals surface area contributed by atoms with E-state index < -0.39 is 88.8 Å². The van der Waals surface area contributed by atoms with Crippen molar-refractivity contribution < 1.29 is 63.6 Å². The molecule has 1 fully saturated rings. The number of carbonyl (C=O) groups excluding carboxylic acids is 2. The average molecular weight is 757 g/mol. The van der Waals surface area contributed by atoms with Crippen LogP contribution in [0, 0.1) is 13.8 Å². The molecule has 5 atom stereocenters. The van der Waals surface area contributed by atoms with E-state index in [-0.39, 0.29) is 36.2 Å². The van der Waals surface area contributed by atoms with Crippen LogP contribution < -0.4 is 10.2 Å². The molecular weight excluding hydrogens is 716 g/mol. The summed E-state index contributed by atoms with van der Waals surface area (Å²) >= 11 is 0. The summed E-state index contributed by atoms with van der Waals surface area (Å²) in [4.78, 5) is 40.0. The SMILES string of the molecule is Cc1ccc(CCC(=O)OC[C@H]2O[C@@H](Oc3c(-c4ccc(O)c(O)c4)oc4cc(O)cc(O)c4c3=O)[C@H](OC(=O)CCc3ccc(C)cc3)[C@@H](O)[C@H]2O)cc1. The maximum Gasteiger partial charge on any atom is 0.306 e. The predicted octanol–water partition coefficient (Wildman–Crippen LogP) is 4.45. The fraction of sp³-hybridized carbons (Fsp3) is 0.293. The van der Waals surface area contributed by atoms with Crippen LogP contribution in [-0.2, 0) is 36.6 Å². The first-order chi connectivity index (χ1) is 26.3. The number of aliphatic hydroxyl groups is 2. The number of ether oxygens (including phenoxy) is 4. The number of aryl methyl sites for hydroxylation is 4. The number of benzene rings is 4. The Balaban J connectivity index is 1.31. The summed E-state index contributed by atoms with van der Waals surface area (Å²) in [6.07, 6.45) is -8.25. The van der Waals surface area contributed by atoms with Gasteiger partial charge in [-0.05, 0) is 56.0 Å². The highest BCUT2D eigenvalue weighted by Gasteiger charge is 2.49. The molecule has 2 heterocycles. The molecule has 0 amide bonds. The van der Waals surface area contributed by atoms with Gasteiger partial charge in [-0.3, -0.25) is 14.4 Å². The number of hydrogen-bond acceptors (Lipinski definition) is 14. The van der Waals surface area contributed by atoms with Crippen LogP contribution in [-0.4, -0.2) is 79.9 Å². The van der Waals surface area contributed by atoms with Crippen LogP contribution in [0.3, 0.4) is 0 Å². The van der Waals surface area contributed by atoms with Crippen LogP contribution in [0.5, 0.6) is 28.7 Å². The Labute approximate surface area is 314 Å². The van der Waals surface area contributed by atoms with Crippen molar-refractivity contribution in [2.24, 2.45) is 0 Å². The number of hydrogen-bond donors (Lipinski definition) is 6. The molecule has 6 rings (SSSR count). The zero-order valence-corrected chi connectivity index (χ0v) is 29.9. The summed E-state index contributed by atoms with van der Waals surface area (Å²) in [6, 6.07) is 20.5. The van der Waals surface area contributed by atoms with Gasteiger partial charge < -0.3 is 54.0 Å². The molecule has 14 nitrogen and oxygen atoms in total. The Kier molecular flexibility index (Phi) is 11.6. The molecule has 4 aromatic carbocycles. The summed E-state index contributed by atoms with van der Waals surface area (Å²) in [5.74, 6) is -4.69. The van der Waals surface area contributed by atoms with E-state index in [2.05, 4.69) is 0 Å². The zero-order valence-electron chi connectivity index (χ0n) is 29.9. The Bertz CT molecular complexity index is 2230. The summed E-state index contributed by atoms with van der Waals surface area (Å²) in [6.45, 7) is 3.30. The number of esters is 2. The fourth-order valence-corrected chi connectivity index (χ4v) is 6.07. The van der Waals surface area contributed by atoms with Gasteiger partial charge in [0.05, 0.1) is 0 Å². The van der Waals surface area contributed by atoms with Gasteiger partial charge in [0.2, 0.25) is 17.5 Å². The molecule has 6 N–H and O–H groups in total. The average Bonchev–Trinajstić information content (AvgIpc) is 3.15. The molecule has 0 saturated carbocycles. The third-order valence-electron chi connectivity index (χ3n) is 9.19. The highest BCUT2D eigenvalue weighted by atomic mass is 16.7. The highest BCUT2D eigenvalue weighted by molar-refractivity contribution is 5.88. The number of carbonyl (C=O) groups is 2. The van der Waals surface area contributed by atoms with Crippen LogP contribution >= 0.6 is 0 Å². The molecule has 55 heavy (non-hydrogen) atoms. The summed E-state index contributed by atoms with van der Waals surface area (Å²) in [5, 5.41) is 63.0. The zero-order chi connectivity index (χ0) is 39.4. The largest absolute Gasteiger partial charge is 0.508 e. The lowest BCUT2D eigenvalue weighted by Crippen LogP contribution is -2.61. The quantitative estimate of drug-likeness (QED) is 0.0765. The van der Waals surface area contributed by atoms with Crippen molar-refractivity contribution in [3.8, 4) is 40.1 Å². The van der Waals surface area contributed by atoms with Crippen LogP contribution in [0.2, 0.25) is 0 Å². The lowest BCUT2D eigenvalue weighted by Gasteiger charge is -2.41. The smallest absolute Gasteiger partial charge is 0.306 e. The van der Waals surface area contributed by atoms with Crippen molar-refractivity contribution in [1.29, 1.82) is 0 Å². The maximum absolute atomic E-state index is 14.1. The van der Waals surface area contributed by atoms with Crippen LogP contribution in [0.4, 0.5) is 0 Å². The molecule has 288 valence electrons. The first-order valence-electron chi connectivity index (χ1n) is 17.5. The second-order valence-electron chi connectivity index (χ2n) is 13.4. The minimum atomic E-state index is -1.89. The van der Waals surface area contributed by atoms with Crippen molar-refractivity contribution in [2.45, 2.75) is 70.2 Å². The number of phenols is 4. The molecule has 1 aliphatic rings. The third kappa shape index (κ3) is 9.00. The molecule has 0 unspecified atom stereocenters. The Morgan fingerprint density at radius 2 is 1.35 bits per heavy atom. The van der Waals surface area contributed by atoms with Crippen molar-refractivity contribution >= 4 is 22.9 Å². The number of phenolic OH excluding ortho intramolecular Hbond substituents is 4. The molecule has 1 aliphatic heterocycles. The van der Waals surface area contributed by atoms with Crippen molar-refractivity contribution in [1.82, 2.24) is 0 Å². The Morgan fingerprint density at radius 3 is 1.96 bits per heavy atom. The van der Waals surface area contributed by atoms with Crippen LogP contribution in [0.25, 0.3) is 22.3 Å². The molecule has 1 saturated heterocycles. The molecule has 0 radical (unpaired) electrons. The molecule has 1 aromatic heterocycles. The molecule has 14 heteroatoms. The number of aromatic hydroxyl groups is 4.